The van der Waals surface area contributed by atoms with E-state index in [2.05, 4.69) is 11.8 Å². The molecule has 1 N–H and O–H groups in total. The van der Waals surface area contributed by atoms with E-state index in [0.29, 0.717) is 0 Å². The molecule has 2 aliphatic heterocycles. The molecule has 3 rings (SSSR count). The third kappa shape index (κ3) is 1.71. The van der Waals surface area contributed by atoms with Crippen LogP contribution in [0.15, 0.2) is 0 Å². The number of aliphatic hydroxyl groups is 1. The molecule has 0 aromatic heterocycles. The van der Waals surface area contributed by atoms with Gasteiger partial charge in [-0.25, -0.2) is 0 Å². The van der Waals surface area contributed by atoms with Crippen molar-refractivity contribution < 1.29 is 5.11 Å². The van der Waals surface area contributed by atoms with E-state index in [9.17, 15) is 5.11 Å². The van der Waals surface area contributed by atoms with Crippen LogP contribution in [-0.4, -0.2) is 21.2 Å². The van der Waals surface area contributed by atoms with Crippen molar-refractivity contribution in [2.24, 2.45) is 5.92 Å². The van der Waals surface area contributed by atoms with E-state index in [-0.39, 0.29) is 5.60 Å². The highest BCUT2D eigenvalue weighted by Gasteiger charge is 2.44. The van der Waals surface area contributed by atoms with Gasteiger partial charge >= 0.3 is 0 Å². The van der Waals surface area contributed by atoms with Crippen molar-refractivity contribution in [3.63, 3.8) is 0 Å². The summed E-state index contributed by atoms with van der Waals surface area (Å²) < 4.78 is 0. The van der Waals surface area contributed by atoms with E-state index >= 15 is 0 Å². The Hall–Kier alpha value is 0.310. The van der Waals surface area contributed by atoms with Gasteiger partial charge in [-0.2, -0.15) is 11.8 Å². The Labute approximate surface area is 90.7 Å². The number of rotatable bonds is 2. The van der Waals surface area contributed by atoms with Crippen molar-refractivity contribution >= 4 is 11.8 Å². The largest absolute Gasteiger partial charge is 0.390 e. The Morgan fingerprint density at radius 2 is 1.71 bits per heavy atom. The maximum atomic E-state index is 10.6. The van der Waals surface area contributed by atoms with Gasteiger partial charge in [-0.15, -0.1) is 0 Å². The lowest BCUT2D eigenvalue weighted by molar-refractivity contribution is -0.0108. The highest BCUT2D eigenvalue weighted by atomic mass is 32.2. The van der Waals surface area contributed by atoms with Crippen LogP contribution in [0.4, 0.5) is 0 Å². The lowest BCUT2D eigenvalue weighted by atomic mass is 9.75. The molecule has 1 saturated carbocycles. The molecule has 2 atom stereocenters. The van der Waals surface area contributed by atoms with Crippen molar-refractivity contribution in [1.29, 1.82) is 0 Å². The summed E-state index contributed by atoms with van der Waals surface area (Å²) in [6.45, 7) is 0. The van der Waals surface area contributed by atoms with Crippen LogP contribution in [0.5, 0.6) is 0 Å². The van der Waals surface area contributed by atoms with Gasteiger partial charge in [-0.3, -0.25) is 0 Å². The maximum Gasteiger partial charge on any atom is 0.0671 e. The SMILES string of the molecule is OC1(CC2CCC2)CC2CCC(C1)S2. The monoisotopic (exact) mass is 212 g/mol. The topological polar surface area (TPSA) is 20.2 Å². The summed E-state index contributed by atoms with van der Waals surface area (Å²) in [6.07, 6.45) is 10.2. The summed E-state index contributed by atoms with van der Waals surface area (Å²) in [5.41, 5.74) is -0.262. The Kier molecular flexibility index (Phi) is 2.32. The molecule has 0 aromatic carbocycles. The summed E-state index contributed by atoms with van der Waals surface area (Å²) in [7, 11) is 0. The van der Waals surface area contributed by atoms with Crippen molar-refractivity contribution in [3.05, 3.63) is 0 Å². The van der Waals surface area contributed by atoms with Gasteiger partial charge in [0.05, 0.1) is 5.60 Å². The Morgan fingerprint density at radius 1 is 1.07 bits per heavy atom. The fourth-order valence-corrected chi connectivity index (χ4v) is 5.31. The van der Waals surface area contributed by atoms with Crippen molar-refractivity contribution in [3.8, 4) is 0 Å². The maximum absolute atomic E-state index is 10.6. The van der Waals surface area contributed by atoms with E-state index < -0.39 is 0 Å². The van der Waals surface area contributed by atoms with Gasteiger partial charge in [0.1, 0.15) is 0 Å². The summed E-state index contributed by atoms with van der Waals surface area (Å²) in [5, 5.41) is 12.2. The van der Waals surface area contributed by atoms with Crippen LogP contribution in [0.25, 0.3) is 0 Å². The Balaban J connectivity index is 1.64. The second-order valence-electron chi connectivity index (χ2n) is 5.59. The minimum atomic E-state index is -0.262. The second-order valence-corrected chi connectivity index (χ2v) is 7.20. The number of hydrogen-bond donors (Lipinski definition) is 1. The van der Waals surface area contributed by atoms with Gasteiger partial charge in [-0.1, -0.05) is 19.3 Å². The van der Waals surface area contributed by atoms with Crippen LogP contribution in [0, 0.1) is 5.92 Å². The molecule has 2 heteroatoms. The zero-order valence-corrected chi connectivity index (χ0v) is 9.56. The molecule has 1 nitrogen and oxygen atoms in total. The molecule has 3 aliphatic rings. The minimum Gasteiger partial charge on any atom is -0.390 e. The normalized spacial score (nSPS) is 47.8. The molecule has 14 heavy (non-hydrogen) atoms. The minimum absolute atomic E-state index is 0.262. The molecule has 1 aliphatic carbocycles. The number of hydrogen-bond acceptors (Lipinski definition) is 2. The molecular weight excluding hydrogens is 192 g/mol. The second kappa shape index (κ2) is 3.41. The van der Waals surface area contributed by atoms with Gasteiger partial charge in [0, 0.05) is 10.5 Å². The van der Waals surface area contributed by atoms with Gasteiger partial charge in [0.25, 0.3) is 0 Å². The standard InChI is InChI=1S/C12H20OS/c13-12(6-9-2-1-3-9)7-10-4-5-11(8-12)14-10/h9-11,13H,1-8H2. The molecule has 2 unspecified atom stereocenters. The molecule has 3 fully saturated rings. The van der Waals surface area contributed by atoms with Gasteiger partial charge < -0.3 is 5.11 Å². The first kappa shape index (κ1) is 9.53. The zero-order chi connectivity index (χ0) is 9.60. The molecule has 0 radical (unpaired) electrons. The van der Waals surface area contributed by atoms with Crippen LogP contribution >= 0.6 is 11.8 Å². The summed E-state index contributed by atoms with van der Waals surface area (Å²) in [4.78, 5) is 0. The first-order chi connectivity index (χ1) is 6.73. The first-order valence-electron chi connectivity index (χ1n) is 6.11. The fraction of sp³-hybridized carbons (Fsp3) is 1.00. The molecule has 0 aromatic rings. The fourth-order valence-electron chi connectivity index (χ4n) is 3.41. The van der Waals surface area contributed by atoms with E-state index in [1.165, 1.54) is 32.1 Å². The summed E-state index contributed by atoms with van der Waals surface area (Å²) in [6, 6.07) is 0. The molecular formula is C12H20OS. The summed E-state index contributed by atoms with van der Waals surface area (Å²) in [5.74, 6) is 0.863. The molecule has 2 bridgehead atoms. The Morgan fingerprint density at radius 3 is 2.21 bits per heavy atom. The number of fused-ring (bicyclic) bond motifs is 2. The predicted octanol–water partition coefficient (Wildman–Crippen LogP) is 2.97. The predicted molar refractivity (Wildman–Crippen MR) is 60.5 cm³/mol. The lowest BCUT2D eigenvalue weighted by Gasteiger charge is -2.40. The quantitative estimate of drug-likeness (QED) is 0.759. The van der Waals surface area contributed by atoms with Crippen molar-refractivity contribution in [2.45, 2.75) is 67.5 Å². The van der Waals surface area contributed by atoms with Gasteiger partial charge in [0.15, 0.2) is 0 Å². The molecule has 80 valence electrons. The third-order valence-corrected chi connectivity index (χ3v) is 5.88. The first-order valence-corrected chi connectivity index (χ1v) is 7.06. The highest BCUT2D eigenvalue weighted by Crippen LogP contribution is 2.50. The van der Waals surface area contributed by atoms with Crippen LogP contribution in [0.2, 0.25) is 0 Å². The number of thioether (sulfide) groups is 1. The molecule has 0 amide bonds. The van der Waals surface area contributed by atoms with Gasteiger partial charge in [0.2, 0.25) is 0 Å². The smallest absolute Gasteiger partial charge is 0.0671 e. The Bertz CT molecular complexity index is 212. The zero-order valence-electron chi connectivity index (χ0n) is 8.74. The van der Waals surface area contributed by atoms with Crippen molar-refractivity contribution in [1.82, 2.24) is 0 Å². The molecule has 0 spiro atoms. The lowest BCUT2D eigenvalue weighted by Crippen LogP contribution is -2.40. The highest BCUT2D eigenvalue weighted by molar-refractivity contribution is 8.00. The van der Waals surface area contributed by atoms with Crippen LogP contribution in [-0.2, 0) is 0 Å². The van der Waals surface area contributed by atoms with E-state index in [1.54, 1.807) is 0 Å². The van der Waals surface area contributed by atoms with Gasteiger partial charge in [-0.05, 0) is 38.0 Å². The van der Waals surface area contributed by atoms with E-state index in [4.69, 9.17) is 0 Å². The van der Waals surface area contributed by atoms with Crippen LogP contribution in [0.3, 0.4) is 0 Å². The molecule has 2 heterocycles. The average Bonchev–Trinajstić information content (AvgIpc) is 2.40. The van der Waals surface area contributed by atoms with E-state index in [1.807, 2.05) is 0 Å². The van der Waals surface area contributed by atoms with Crippen LogP contribution < -0.4 is 0 Å². The van der Waals surface area contributed by atoms with E-state index in [0.717, 1.165) is 35.7 Å². The summed E-state index contributed by atoms with van der Waals surface area (Å²) >= 11 is 2.15. The molecule has 2 saturated heterocycles. The van der Waals surface area contributed by atoms with Crippen LogP contribution in [0.1, 0.15) is 51.4 Å². The third-order valence-electron chi connectivity index (χ3n) is 4.30. The van der Waals surface area contributed by atoms with Crippen molar-refractivity contribution in [2.75, 3.05) is 0 Å². The average molecular weight is 212 g/mol.